The zero-order valence-corrected chi connectivity index (χ0v) is 22.8. The molecule has 5 rings (SSSR count). The number of aryl methyl sites for hydroxylation is 4. The van der Waals surface area contributed by atoms with Crippen molar-refractivity contribution >= 4 is 37.5 Å². The molecule has 0 radical (unpaired) electrons. The fraction of sp³-hybridized carbons (Fsp3) is 0.226. The second-order valence-electron chi connectivity index (χ2n) is 9.54. The minimum Gasteiger partial charge on any atom is -0.464 e. The summed E-state index contributed by atoms with van der Waals surface area (Å²) in [5.74, 6) is 0.309. The Morgan fingerprint density at radius 3 is 1.63 bits per heavy atom. The first-order valence-electron chi connectivity index (χ1n) is 12.1. The van der Waals surface area contributed by atoms with E-state index in [2.05, 4.69) is 101 Å². The van der Waals surface area contributed by atoms with Crippen molar-refractivity contribution in [1.29, 1.82) is 0 Å². The number of furan rings is 2. The van der Waals surface area contributed by atoms with Crippen LogP contribution in [0.5, 0.6) is 0 Å². The first kappa shape index (κ1) is 24.1. The van der Waals surface area contributed by atoms with Crippen molar-refractivity contribution in [1.82, 2.24) is 0 Å². The molecule has 4 aromatic rings. The molecule has 2 heterocycles. The van der Waals surface area contributed by atoms with Gasteiger partial charge in [-0.3, -0.25) is 0 Å². The van der Waals surface area contributed by atoms with E-state index in [4.69, 9.17) is 8.83 Å². The lowest BCUT2D eigenvalue weighted by Gasteiger charge is -2.33. The third-order valence-corrected chi connectivity index (χ3v) is 11.7. The van der Waals surface area contributed by atoms with Gasteiger partial charge in [0.15, 0.2) is 0 Å². The molecule has 1 aliphatic rings. The molecule has 0 fully saturated rings. The van der Waals surface area contributed by atoms with Crippen LogP contribution in [0, 0.1) is 33.6 Å². The van der Waals surface area contributed by atoms with Crippen molar-refractivity contribution < 1.29 is 8.83 Å². The van der Waals surface area contributed by atoms with Crippen LogP contribution in [0.25, 0.3) is 0 Å². The Hall–Kier alpha value is -2.66. The average molecular weight is 499 g/mol. The maximum Gasteiger partial charge on any atom is 0.137 e. The number of benzene rings is 2. The van der Waals surface area contributed by atoms with Crippen LogP contribution >= 0.6 is 15.8 Å². The smallest absolute Gasteiger partial charge is 0.137 e. The minimum absolute atomic E-state index is 0.309. The van der Waals surface area contributed by atoms with Crippen LogP contribution in [-0.2, 0) is 0 Å². The number of rotatable bonds is 7. The summed E-state index contributed by atoms with van der Waals surface area (Å²) in [5.41, 5.74) is 7.71. The standard InChI is InChI=1S/C31H32O2P2/c1-21-15-22(2)18-26(17-21)34(27-19-23(3)16-24(4)20-27)25(5)28-9-6-10-29(28)35(30-11-7-13-32-30)31-12-8-14-33-31/h6-20,25,28H,1-5H3/t25-,28?/m1/s1. The van der Waals surface area contributed by atoms with Crippen LogP contribution in [0.15, 0.2) is 106 Å². The molecule has 1 aliphatic carbocycles. The number of hydrogen-bond acceptors (Lipinski definition) is 2. The van der Waals surface area contributed by atoms with Gasteiger partial charge in [-0.05, 0) is 81.5 Å². The van der Waals surface area contributed by atoms with Crippen molar-refractivity contribution in [3.8, 4) is 0 Å². The van der Waals surface area contributed by atoms with Gasteiger partial charge in [0.2, 0.25) is 0 Å². The van der Waals surface area contributed by atoms with Crippen LogP contribution in [0.4, 0.5) is 0 Å². The molecule has 1 unspecified atom stereocenters. The van der Waals surface area contributed by atoms with E-state index in [1.165, 1.54) is 38.2 Å². The zero-order valence-electron chi connectivity index (χ0n) is 21.0. The second-order valence-corrected chi connectivity index (χ2v) is 14.2. The molecule has 0 aliphatic heterocycles. The van der Waals surface area contributed by atoms with Gasteiger partial charge in [-0.1, -0.05) is 83.8 Å². The van der Waals surface area contributed by atoms with Crippen LogP contribution in [0.1, 0.15) is 29.2 Å². The van der Waals surface area contributed by atoms with Gasteiger partial charge in [-0.25, -0.2) is 0 Å². The van der Waals surface area contributed by atoms with E-state index < -0.39 is 15.8 Å². The van der Waals surface area contributed by atoms with Crippen LogP contribution in [-0.4, -0.2) is 5.66 Å². The first-order chi connectivity index (χ1) is 16.9. The molecule has 0 N–H and O–H groups in total. The Bertz CT molecular complexity index is 1240. The van der Waals surface area contributed by atoms with E-state index in [0.717, 1.165) is 11.0 Å². The molecule has 2 aromatic heterocycles. The molecule has 2 nitrogen and oxygen atoms in total. The summed E-state index contributed by atoms with van der Waals surface area (Å²) >= 11 is 0. The highest BCUT2D eigenvalue weighted by Gasteiger charge is 2.36. The van der Waals surface area contributed by atoms with Crippen molar-refractivity contribution in [2.75, 3.05) is 0 Å². The maximum atomic E-state index is 5.96. The van der Waals surface area contributed by atoms with E-state index in [9.17, 15) is 0 Å². The lowest BCUT2D eigenvalue weighted by molar-refractivity contribution is 0.592. The summed E-state index contributed by atoms with van der Waals surface area (Å²) in [6.07, 6.45) is 10.5. The van der Waals surface area contributed by atoms with Crippen LogP contribution in [0.2, 0.25) is 0 Å². The van der Waals surface area contributed by atoms with Crippen molar-refractivity contribution in [3.63, 3.8) is 0 Å². The lowest BCUT2D eigenvalue weighted by atomic mass is 10.1. The quantitative estimate of drug-likeness (QED) is 0.253. The summed E-state index contributed by atoms with van der Waals surface area (Å²) < 4.78 is 11.9. The highest BCUT2D eigenvalue weighted by atomic mass is 31.1. The third-order valence-electron chi connectivity index (χ3n) is 6.53. The van der Waals surface area contributed by atoms with Gasteiger partial charge in [0.1, 0.15) is 11.0 Å². The van der Waals surface area contributed by atoms with Crippen LogP contribution < -0.4 is 21.6 Å². The van der Waals surface area contributed by atoms with Gasteiger partial charge in [0.25, 0.3) is 0 Å². The molecule has 35 heavy (non-hydrogen) atoms. The molecule has 0 amide bonds. The molecule has 2 aromatic carbocycles. The van der Waals surface area contributed by atoms with Crippen molar-refractivity contribution in [2.45, 2.75) is 40.3 Å². The Morgan fingerprint density at radius 1 is 0.714 bits per heavy atom. The Morgan fingerprint density at radius 2 is 1.20 bits per heavy atom. The molecule has 0 bridgehead atoms. The SMILES string of the molecule is Cc1cc(C)cc(P(c2cc(C)cc(C)c2)[C@H](C)C2C=CC=C2P(c2ccco2)c2ccco2)c1. The van der Waals surface area contributed by atoms with Crippen molar-refractivity contribution in [2.24, 2.45) is 5.92 Å². The molecule has 178 valence electrons. The maximum absolute atomic E-state index is 5.96. The Balaban J connectivity index is 1.60. The fourth-order valence-corrected chi connectivity index (χ4v) is 10.9. The predicted octanol–water partition coefficient (Wildman–Crippen LogP) is 7.13. The molecular weight excluding hydrogens is 466 g/mol. The Labute approximate surface area is 211 Å². The molecule has 4 heteroatoms. The monoisotopic (exact) mass is 498 g/mol. The summed E-state index contributed by atoms with van der Waals surface area (Å²) in [5, 5.41) is 4.31. The topological polar surface area (TPSA) is 26.3 Å². The Kier molecular flexibility index (Phi) is 6.97. The van der Waals surface area contributed by atoms with E-state index in [1.807, 2.05) is 12.1 Å². The molecular formula is C31H32O2P2. The zero-order chi connectivity index (χ0) is 24.5. The fourth-order valence-electron chi connectivity index (χ4n) is 5.23. The van der Waals surface area contributed by atoms with E-state index in [1.54, 1.807) is 12.5 Å². The largest absolute Gasteiger partial charge is 0.464 e. The lowest BCUT2D eigenvalue weighted by Crippen LogP contribution is -2.27. The van der Waals surface area contributed by atoms with Gasteiger partial charge < -0.3 is 8.83 Å². The van der Waals surface area contributed by atoms with Gasteiger partial charge in [0, 0.05) is 5.92 Å². The van der Waals surface area contributed by atoms with Crippen LogP contribution in [0.3, 0.4) is 0 Å². The summed E-state index contributed by atoms with van der Waals surface area (Å²) in [6.45, 7) is 11.3. The first-order valence-corrected chi connectivity index (χ1v) is 14.9. The number of allylic oxidation sites excluding steroid dienone is 4. The molecule has 0 spiro atoms. The van der Waals surface area contributed by atoms with Gasteiger partial charge >= 0.3 is 0 Å². The summed E-state index contributed by atoms with van der Waals surface area (Å²) in [7, 11) is -1.46. The normalized spacial score (nSPS) is 16.3. The predicted molar refractivity (Wildman–Crippen MR) is 152 cm³/mol. The van der Waals surface area contributed by atoms with E-state index in [0.29, 0.717) is 11.6 Å². The second kappa shape index (κ2) is 10.1. The molecule has 0 saturated heterocycles. The van der Waals surface area contributed by atoms with Gasteiger partial charge in [0.05, 0.1) is 20.4 Å². The minimum atomic E-state index is -0.862. The van der Waals surface area contributed by atoms with E-state index in [-0.39, 0.29) is 0 Å². The van der Waals surface area contributed by atoms with E-state index >= 15 is 0 Å². The highest BCUT2D eigenvalue weighted by molar-refractivity contribution is 7.76. The average Bonchev–Trinajstić information content (AvgIpc) is 3.57. The summed E-state index contributed by atoms with van der Waals surface area (Å²) in [4.78, 5) is 0. The van der Waals surface area contributed by atoms with Gasteiger partial charge in [-0.15, -0.1) is 0 Å². The van der Waals surface area contributed by atoms with Crippen molar-refractivity contribution in [3.05, 3.63) is 119 Å². The number of hydrogen-bond donors (Lipinski definition) is 0. The molecule has 2 atom stereocenters. The summed E-state index contributed by atoms with van der Waals surface area (Å²) in [6, 6.07) is 22.3. The third kappa shape index (κ3) is 5.02. The van der Waals surface area contributed by atoms with Gasteiger partial charge in [-0.2, -0.15) is 0 Å². The highest BCUT2D eigenvalue weighted by Crippen LogP contribution is 2.55. The molecule has 0 saturated carbocycles.